The van der Waals surface area contributed by atoms with E-state index in [1.54, 1.807) is 17.5 Å². The lowest BCUT2D eigenvalue weighted by atomic mass is 10.0. The van der Waals surface area contributed by atoms with Gasteiger partial charge in [-0.2, -0.15) is 0 Å². The minimum atomic E-state index is -1.36. The van der Waals surface area contributed by atoms with Gasteiger partial charge in [-0.3, -0.25) is 14.9 Å². The number of carboxylic acid groups (broad SMARTS) is 1. The Bertz CT molecular complexity index is 699. The molecule has 0 fully saturated rings. The number of nitrogens with zero attached hydrogens (tertiary/aromatic N) is 1. The molecule has 0 bridgehead atoms. The molecule has 2 rings (SSSR count). The van der Waals surface area contributed by atoms with Crippen LogP contribution in [0.15, 0.2) is 41.8 Å². The number of non-ortho nitro benzene ring substituents is 1. The summed E-state index contributed by atoms with van der Waals surface area (Å²) < 4.78 is 0. The molecule has 0 aliphatic rings. The number of nitro benzene ring substituents is 1. The van der Waals surface area contributed by atoms with Crippen LogP contribution in [0.2, 0.25) is 0 Å². The summed E-state index contributed by atoms with van der Waals surface area (Å²) in [5.74, 6) is -1.80. The van der Waals surface area contributed by atoms with Crippen molar-refractivity contribution in [1.82, 2.24) is 5.32 Å². The van der Waals surface area contributed by atoms with Crippen LogP contribution in [0.4, 0.5) is 5.69 Å². The SMILES string of the molecule is O=C([O-])CC(NC(=O)c1cccs1)c1cccc([N+](=O)[O-])c1. The average Bonchev–Trinajstić information content (AvgIpc) is 3.00. The summed E-state index contributed by atoms with van der Waals surface area (Å²) in [6.45, 7) is 0. The van der Waals surface area contributed by atoms with Crippen LogP contribution in [0.25, 0.3) is 0 Å². The molecule has 0 radical (unpaired) electrons. The largest absolute Gasteiger partial charge is 0.550 e. The van der Waals surface area contributed by atoms with Crippen molar-refractivity contribution < 1.29 is 19.6 Å². The highest BCUT2D eigenvalue weighted by molar-refractivity contribution is 7.12. The molecule has 1 heterocycles. The highest BCUT2D eigenvalue weighted by atomic mass is 32.1. The van der Waals surface area contributed by atoms with Crippen molar-refractivity contribution in [3.63, 3.8) is 0 Å². The maximum Gasteiger partial charge on any atom is 0.269 e. The fourth-order valence-corrected chi connectivity index (χ4v) is 2.54. The molecule has 0 aliphatic heterocycles. The Hall–Kier alpha value is -2.74. The lowest BCUT2D eigenvalue weighted by molar-refractivity contribution is -0.385. The summed E-state index contributed by atoms with van der Waals surface area (Å²) in [6, 6.07) is 7.88. The number of amides is 1. The van der Waals surface area contributed by atoms with Crippen LogP contribution >= 0.6 is 11.3 Å². The Morgan fingerprint density at radius 3 is 2.64 bits per heavy atom. The van der Waals surface area contributed by atoms with Crippen LogP contribution in [-0.2, 0) is 4.79 Å². The van der Waals surface area contributed by atoms with Gasteiger partial charge in [0.1, 0.15) is 0 Å². The van der Waals surface area contributed by atoms with Crippen molar-refractivity contribution in [3.05, 3.63) is 62.3 Å². The van der Waals surface area contributed by atoms with E-state index < -0.39 is 29.3 Å². The molecule has 0 saturated carbocycles. The van der Waals surface area contributed by atoms with Gasteiger partial charge in [-0.15, -0.1) is 11.3 Å². The number of aliphatic carboxylic acids is 1. The van der Waals surface area contributed by atoms with E-state index in [-0.39, 0.29) is 5.69 Å². The molecule has 2 aromatic rings. The van der Waals surface area contributed by atoms with Crippen molar-refractivity contribution in [2.24, 2.45) is 0 Å². The summed E-state index contributed by atoms with van der Waals surface area (Å²) in [5.41, 5.74) is 0.162. The Morgan fingerprint density at radius 2 is 2.05 bits per heavy atom. The van der Waals surface area contributed by atoms with Crippen molar-refractivity contribution in [2.45, 2.75) is 12.5 Å². The van der Waals surface area contributed by atoms with Crippen LogP contribution < -0.4 is 10.4 Å². The van der Waals surface area contributed by atoms with Gasteiger partial charge in [0, 0.05) is 24.5 Å². The minimum absolute atomic E-state index is 0.175. The first-order chi connectivity index (χ1) is 10.5. The van der Waals surface area contributed by atoms with E-state index in [9.17, 15) is 24.8 Å². The highest BCUT2D eigenvalue weighted by Gasteiger charge is 2.19. The van der Waals surface area contributed by atoms with E-state index in [2.05, 4.69) is 5.32 Å². The predicted molar refractivity (Wildman–Crippen MR) is 77.2 cm³/mol. The van der Waals surface area contributed by atoms with Gasteiger partial charge in [-0.05, 0) is 17.0 Å². The van der Waals surface area contributed by atoms with Crippen LogP contribution in [0.3, 0.4) is 0 Å². The zero-order chi connectivity index (χ0) is 16.1. The zero-order valence-corrected chi connectivity index (χ0v) is 12.0. The van der Waals surface area contributed by atoms with E-state index >= 15 is 0 Å². The quantitative estimate of drug-likeness (QED) is 0.636. The van der Waals surface area contributed by atoms with Gasteiger partial charge < -0.3 is 15.2 Å². The molecule has 1 aromatic carbocycles. The Kier molecular flexibility index (Phi) is 4.84. The van der Waals surface area contributed by atoms with Crippen molar-refractivity contribution in [3.8, 4) is 0 Å². The van der Waals surface area contributed by atoms with E-state index in [1.807, 2.05) is 0 Å². The second-order valence-corrected chi connectivity index (χ2v) is 5.38. The lowest BCUT2D eigenvalue weighted by Crippen LogP contribution is -2.34. The van der Waals surface area contributed by atoms with Gasteiger partial charge in [0.25, 0.3) is 11.6 Å². The molecule has 1 N–H and O–H groups in total. The van der Waals surface area contributed by atoms with Gasteiger partial charge >= 0.3 is 0 Å². The Labute approximate surface area is 129 Å². The minimum Gasteiger partial charge on any atom is -0.550 e. The van der Waals surface area contributed by atoms with Crippen molar-refractivity contribution in [1.29, 1.82) is 0 Å². The number of hydrogen-bond acceptors (Lipinski definition) is 6. The molecule has 7 nitrogen and oxygen atoms in total. The summed E-state index contributed by atoms with van der Waals surface area (Å²) in [7, 11) is 0. The monoisotopic (exact) mass is 319 g/mol. The third kappa shape index (κ3) is 3.89. The predicted octanol–water partition coefficient (Wildman–Crippen LogP) is 1.27. The molecular formula is C14H11N2O5S-. The van der Waals surface area contributed by atoms with Crippen LogP contribution in [0.5, 0.6) is 0 Å². The van der Waals surface area contributed by atoms with E-state index in [0.29, 0.717) is 10.4 Å². The number of hydrogen-bond donors (Lipinski definition) is 1. The second kappa shape index (κ2) is 6.81. The second-order valence-electron chi connectivity index (χ2n) is 4.43. The van der Waals surface area contributed by atoms with Crippen LogP contribution in [-0.4, -0.2) is 16.8 Å². The third-order valence-electron chi connectivity index (χ3n) is 2.90. The molecule has 0 aliphatic carbocycles. The average molecular weight is 319 g/mol. The number of carbonyl (C=O) groups excluding carboxylic acids is 2. The third-order valence-corrected chi connectivity index (χ3v) is 3.77. The normalized spacial score (nSPS) is 11.6. The maximum atomic E-state index is 12.0. The van der Waals surface area contributed by atoms with Gasteiger partial charge in [-0.1, -0.05) is 18.2 Å². The van der Waals surface area contributed by atoms with Crippen molar-refractivity contribution in [2.75, 3.05) is 0 Å². The molecule has 1 aromatic heterocycles. The standard InChI is InChI=1S/C14H12N2O5S/c17-13(18)8-11(15-14(19)12-5-2-6-22-12)9-3-1-4-10(7-9)16(20)21/h1-7,11H,8H2,(H,15,19)(H,17,18)/p-1. The number of benzene rings is 1. The molecule has 114 valence electrons. The summed E-state index contributed by atoms with van der Waals surface area (Å²) in [4.78, 5) is 33.6. The molecule has 0 spiro atoms. The number of nitrogens with one attached hydrogen (secondary N) is 1. The number of thiophene rings is 1. The van der Waals surface area contributed by atoms with Crippen LogP contribution in [0.1, 0.15) is 27.7 Å². The number of rotatable bonds is 6. The van der Waals surface area contributed by atoms with Crippen LogP contribution in [0, 0.1) is 10.1 Å². The van der Waals surface area contributed by atoms with Gasteiger partial charge in [-0.25, -0.2) is 0 Å². The number of carbonyl (C=O) groups is 2. The van der Waals surface area contributed by atoms with Gasteiger partial charge in [0.15, 0.2) is 0 Å². The first-order valence-electron chi connectivity index (χ1n) is 6.26. The van der Waals surface area contributed by atoms with E-state index in [4.69, 9.17) is 0 Å². The summed E-state index contributed by atoms with van der Waals surface area (Å²) in [6.07, 6.45) is -0.474. The summed E-state index contributed by atoms with van der Waals surface area (Å²) in [5, 5.41) is 26.0. The Morgan fingerprint density at radius 1 is 1.27 bits per heavy atom. The smallest absolute Gasteiger partial charge is 0.269 e. The lowest BCUT2D eigenvalue weighted by Gasteiger charge is -2.19. The summed E-state index contributed by atoms with van der Waals surface area (Å²) >= 11 is 1.21. The topological polar surface area (TPSA) is 112 Å². The zero-order valence-electron chi connectivity index (χ0n) is 11.2. The Balaban J connectivity index is 2.26. The fourth-order valence-electron chi connectivity index (χ4n) is 1.91. The highest BCUT2D eigenvalue weighted by Crippen LogP contribution is 2.22. The maximum absolute atomic E-state index is 12.0. The molecule has 22 heavy (non-hydrogen) atoms. The molecule has 1 amide bonds. The first-order valence-corrected chi connectivity index (χ1v) is 7.14. The van der Waals surface area contributed by atoms with Gasteiger partial charge in [0.2, 0.25) is 0 Å². The van der Waals surface area contributed by atoms with E-state index in [0.717, 1.165) is 0 Å². The molecule has 8 heteroatoms. The first kappa shape index (κ1) is 15.6. The molecule has 1 unspecified atom stereocenters. The van der Waals surface area contributed by atoms with Gasteiger partial charge in [0.05, 0.1) is 15.8 Å². The van der Waals surface area contributed by atoms with E-state index in [1.165, 1.54) is 35.6 Å². The van der Waals surface area contributed by atoms with Crippen molar-refractivity contribution >= 4 is 28.9 Å². The molecular weight excluding hydrogens is 308 g/mol. The fraction of sp³-hybridized carbons (Fsp3) is 0.143. The molecule has 0 saturated heterocycles. The molecule has 1 atom stereocenters. The number of carboxylic acids is 1. The number of nitro groups is 1.